The van der Waals surface area contributed by atoms with Crippen LogP contribution in [0.15, 0.2) is 41.5 Å². The van der Waals surface area contributed by atoms with Crippen LogP contribution in [0.2, 0.25) is 0 Å². The van der Waals surface area contributed by atoms with Gasteiger partial charge in [-0.05, 0) is 42.5 Å². The summed E-state index contributed by atoms with van der Waals surface area (Å²) in [4.78, 5) is 8.18. The van der Waals surface area contributed by atoms with Gasteiger partial charge in [0, 0.05) is 82.3 Å². The second-order valence-electron chi connectivity index (χ2n) is 9.36. The summed E-state index contributed by atoms with van der Waals surface area (Å²) in [5.74, 6) is -0.421. The molecule has 0 saturated carbocycles. The maximum absolute atomic E-state index is 15.4. The highest BCUT2D eigenvalue weighted by molar-refractivity contribution is 7.80. The first kappa shape index (κ1) is 28.4. The van der Waals surface area contributed by atoms with Crippen molar-refractivity contribution in [3.05, 3.63) is 53.3 Å². The molecular formula is C26H30F4N8S. The topological polar surface area (TPSA) is 87.2 Å². The molecule has 2 aliphatic heterocycles. The smallest absolute Gasteiger partial charge is 0.375 e. The first-order chi connectivity index (χ1) is 18.7. The number of thiocarbonyl (C=S) groups is 1. The number of nitriles is 1. The fourth-order valence-electron chi connectivity index (χ4n) is 4.86. The van der Waals surface area contributed by atoms with Crippen molar-refractivity contribution >= 4 is 40.6 Å². The molecule has 0 bridgehead atoms. The Bertz CT molecular complexity index is 1230. The van der Waals surface area contributed by atoms with Crippen molar-refractivity contribution < 1.29 is 17.6 Å². The minimum absolute atomic E-state index is 0.00496. The summed E-state index contributed by atoms with van der Waals surface area (Å²) in [5.41, 5.74) is 9.56. The molecule has 2 saturated heterocycles. The number of hydrogen-bond acceptors (Lipinski definition) is 7. The van der Waals surface area contributed by atoms with Crippen molar-refractivity contribution in [3.8, 4) is 6.07 Å². The van der Waals surface area contributed by atoms with E-state index in [1.54, 1.807) is 6.07 Å². The van der Waals surface area contributed by atoms with Crippen molar-refractivity contribution in [3.63, 3.8) is 0 Å². The van der Waals surface area contributed by atoms with E-state index in [2.05, 4.69) is 26.4 Å². The van der Waals surface area contributed by atoms with Crippen LogP contribution in [-0.4, -0.2) is 75.1 Å². The zero-order chi connectivity index (χ0) is 28.0. The summed E-state index contributed by atoms with van der Waals surface area (Å²) in [5, 5.41) is 12.9. The third kappa shape index (κ3) is 7.27. The van der Waals surface area contributed by atoms with Gasteiger partial charge in [0.15, 0.2) is 5.11 Å². The van der Waals surface area contributed by atoms with Crippen LogP contribution in [0.5, 0.6) is 0 Å². The second kappa shape index (κ2) is 12.5. The number of hydrogen-bond donors (Lipinski definition) is 2. The Hall–Kier alpha value is -3.63. The molecule has 2 fully saturated rings. The number of nitrogens with two attached hydrogens (primary N) is 1. The van der Waals surface area contributed by atoms with Gasteiger partial charge in [0.1, 0.15) is 5.82 Å². The van der Waals surface area contributed by atoms with Crippen LogP contribution >= 0.6 is 12.2 Å². The van der Waals surface area contributed by atoms with Gasteiger partial charge in [-0.2, -0.15) is 23.5 Å². The van der Waals surface area contributed by atoms with E-state index in [4.69, 9.17) is 23.2 Å². The lowest BCUT2D eigenvalue weighted by Crippen LogP contribution is -2.48. The van der Waals surface area contributed by atoms with Gasteiger partial charge in [0.05, 0.1) is 23.5 Å². The van der Waals surface area contributed by atoms with Crippen molar-refractivity contribution in [2.24, 2.45) is 10.8 Å². The van der Waals surface area contributed by atoms with Crippen LogP contribution in [0.4, 0.5) is 34.6 Å². The number of alkyl halides is 3. The van der Waals surface area contributed by atoms with E-state index in [1.807, 2.05) is 15.9 Å². The predicted molar refractivity (Wildman–Crippen MR) is 149 cm³/mol. The van der Waals surface area contributed by atoms with Crippen LogP contribution < -0.4 is 25.9 Å². The van der Waals surface area contributed by atoms with Crippen molar-refractivity contribution in [1.29, 1.82) is 5.26 Å². The highest BCUT2D eigenvalue weighted by Gasteiger charge is 2.31. The van der Waals surface area contributed by atoms with Crippen LogP contribution in [0.3, 0.4) is 0 Å². The number of anilines is 3. The maximum atomic E-state index is 15.4. The lowest BCUT2D eigenvalue weighted by Gasteiger charge is -2.39. The van der Waals surface area contributed by atoms with Gasteiger partial charge < -0.3 is 20.4 Å². The lowest BCUT2D eigenvalue weighted by atomic mass is 10.1. The van der Waals surface area contributed by atoms with Gasteiger partial charge in [-0.1, -0.05) is 6.07 Å². The Morgan fingerprint density at radius 2 is 1.64 bits per heavy atom. The zero-order valence-electron chi connectivity index (χ0n) is 21.3. The van der Waals surface area contributed by atoms with E-state index in [9.17, 15) is 13.2 Å². The lowest BCUT2D eigenvalue weighted by molar-refractivity contribution is -0.137. The molecule has 3 N–H and O–H groups in total. The highest BCUT2D eigenvalue weighted by atomic mass is 32.1. The zero-order valence-corrected chi connectivity index (χ0v) is 22.1. The summed E-state index contributed by atoms with van der Waals surface area (Å²) in [6, 6.07) is 10.7. The number of rotatable bonds is 7. The van der Waals surface area contributed by atoms with Gasteiger partial charge in [0.25, 0.3) is 0 Å². The van der Waals surface area contributed by atoms with Crippen molar-refractivity contribution in [2.45, 2.75) is 12.6 Å². The Morgan fingerprint density at radius 1 is 1.00 bits per heavy atom. The van der Waals surface area contributed by atoms with E-state index in [0.29, 0.717) is 69.2 Å². The molecule has 0 radical (unpaired) electrons. The van der Waals surface area contributed by atoms with Gasteiger partial charge in [-0.15, -0.1) is 0 Å². The van der Waals surface area contributed by atoms with E-state index in [0.717, 1.165) is 30.9 Å². The molecule has 0 amide bonds. The van der Waals surface area contributed by atoms with Crippen LogP contribution in [0, 0.1) is 17.1 Å². The van der Waals surface area contributed by atoms with E-state index < -0.39 is 17.6 Å². The minimum Gasteiger partial charge on any atom is -0.375 e. The molecule has 39 heavy (non-hydrogen) atoms. The molecule has 2 aromatic rings. The van der Waals surface area contributed by atoms with Gasteiger partial charge >= 0.3 is 6.18 Å². The predicted octanol–water partition coefficient (Wildman–Crippen LogP) is 3.37. The molecule has 0 aliphatic carbocycles. The molecule has 2 aliphatic rings. The first-order valence-electron chi connectivity index (χ1n) is 12.6. The normalized spacial score (nSPS) is 16.9. The Morgan fingerprint density at radius 3 is 2.28 bits per heavy atom. The molecule has 2 heterocycles. The highest BCUT2D eigenvalue weighted by Crippen LogP contribution is 2.34. The van der Waals surface area contributed by atoms with E-state index >= 15 is 4.39 Å². The molecule has 0 spiro atoms. The standard InChI is InChI=1S/C26H30F4N8S/c27-22-15-19(18-33-34-25(32)39)23(37-9-7-35(8-10-37)6-2-5-31)17-24(22)38-13-11-36(12-14-38)21-4-1-3-20(16-21)26(28,29)30/h1,3-4,15-18H,2,6-14H2,(H3,32,34,39)/b33-18+. The average Bonchev–Trinajstić information content (AvgIpc) is 2.92. The van der Waals surface area contributed by atoms with Gasteiger partial charge in [0.2, 0.25) is 0 Å². The fourth-order valence-corrected chi connectivity index (χ4v) is 4.91. The summed E-state index contributed by atoms with van der Waals surface area (Å²) < 4.78 is 54.9. The van der Waals surface area contributed by atoms with Crippen LogP contribution in [0.1, 0.15) is 17.5 Å². The van der Waals surface area contributed by atoms with Crippen molar-refractivity contribution in [1.82, 2.24) is 10.3 Å². The molecular weight excluding hydrogens is 532 g/mol. The minimum atomic E-state index is -4.41. The third-order valence-corrected chi connectivity index (χ3v) is 6.98. The molecule has 4 rings (SSSR count). The number of nitrogens with zero attached hydrogens (tertiary/aromatic N) is 6. The number of nitrogens with one attached hydrogen (secondary N) is 1. The van der Waals surface area contributed by atoms with Crippen LogP contribution in [0.25, 0.3) is 0 Å². The SMILES string of the molecule is N#CCCN1CCN(c2cc(N3CCN(c4cccc(C(F)(F)F)c4)CC3)c(F)cc2/C=N/NC(N)=S)CC1. The molecule has 0 unspecified atom stereocenters. The summed E-state index contributed by atoms with van der Waals surface area (Å²) in [7, 11) is 0. The molecule has 13 heteroatoms. The van der Waals surface area contributed by atoms with Crippen LogP contribution in [-0.2, 0) is 6.18 Å². The first-order valence-corrected chi connectivity index (χ1v) is 13.0. The average molecular weight is 563 g/mol. The number of halogens is 4. The third-order valence-electron chi connectivity index (χ3n) is 6.89. The Labute approximate surface area is 230 Å². The molecule has 0 aromatic heterocycles. The number of benzene rings is 2. The molecule has 208 valence electrons. The largest absolute Gasteiger partial charge is 0.416 e. The van der Waals surface area contributed by atoms with Gasteiger partial charge in [-0.25, -0.2) is 4.39 Å². The molecule has 0 atom stereocenters. The Balaban J connectivity index is 1.52. The van der Waals surface area contributed by atoms with E-state index in [-0.39, 0.29) is 5.11 Å². The second-order valence-corrected chi connectivity index (χ2v) is 9.80. The monoisotopic (exact) mass is 562 g/mol. The fraction of sp³-hybridized carbons (Fsp3) is 0.423. The van der Waals surface area contributed by atoms with E-state index in [1.165, 1.54) is 18.3 Å². The number of piperazine rings is 2. The number of hydrazone groups is 1. The molecule has 8 nitrogen and oxygen atoms in total. The quantitative estimate of drug-likeness (QED) is 0.230. The molecule has 2 aromatic carbocycles. The summed E-state index contributed by atoms with van der Waals surface area (Å²) >= 11 is 4.79. The summed E-state index contributed by atoms with van der Waals surface area (Å²) in [6.07, 6.45) is -2.46. The Kier molecular flexibility index (Phi) is 9.08. The maximum Gasteiger partial charge on any atom is 0.416 e. The summed E-state index contributed by atoms with van der Waals surface area (Å²) in [6.45, 7) is 5.45. The van der Waals surface area contributed by atoms with Crippen molar-refractivity contribution in [2.75, 3.05) is 73.6 Å². The van der Waals surface area contributed by atoms with Gasteiger partial charge in [-0.3, -0.25) is 10.3 Å².